The molecule has 3 heteroatoms. The number of piperidine rings is 1. The van der Waals surface area contributed by atoms with Crippen LogP contribution >= 0.6 is 0 Å². The fraction of sp³-hybridized carbons (Fsp3) is 0.667. The Bertz CT molecular complexity index is 528. The summed E-state index contributed by atoms with van der Waals surface area (Å²) in [6.07, 6.45) is 5.40. The number of nitrogens with one attached hydrogen (secondary N) is 1. The third-order valence-electron chi connectivity index (χ3n) is 5.53. The first-order valence-electron chi connectivity index (χ1n) is 8.43. The summed E-state index contributed by atoms with van der Waals surface area (Å²) < 4.78 is 6.18. The molecule has 0 aromatic heterocycles. The number of hydrogen-bond acceptors (Lipinski definition) is 3. The molecule has 21 heavy (non-hydrogen) atoms. The van der Waals surface area contributed by atoms with E-state index < -0.39 is 0 Å². The molecule has 2 fully saturated rings. The molecular weight excluding hydrogens is 260 g/mol. The second-order valence-electron chi connectivity index (χ2n) is 7.34. The van der Waals surface area contributed by atoms with Gasteiger partial charge in [-0.1, -0.05) is 24.6 Å². The van der Waals surface area contributed by atoms with Crippen molar-refractivity contribution in [2.75, 3.05) is 13.1 Å². The van der Waals surface area contributed by atoms with E-state index in [1.54, 1.807) is 0 Å². The van der Waals surface area contributed by atoms with Crippen LogP contribution in [0.1, 0.15) is 51.1 Å². The van der Waals surface area contributed by atoms with Gasteiger partial charge in [0.2, 0.25) is 0 Å². The maximum atomic E-state index is 6.18. The van der Waals surface area contributed by atoms with Crippen LogP contribution in [-0.2, 0) is 0 Å². The lowest BCUT2D eigenvalue weighted by molar-refractivity contribution is 0.0842. The number of hydrogen-bond donors (Lipinski definition) is 1. The minimum absolute atomic E-state index is 0.161. The van der Waals surface area contributed by atoms with Gasteiger partial charge >= 0.3 is 0 Å². The van der Waals surface area contributed by atoms with Crippen LogP contribution in [0.5, 0.6) is 5.75 Å². The molecule has 3 unspecified atom stereocenters. The van der Waals surface area contributed by atoms with Crippen LogP contribution in [0.15, 0.2) is 24.3 Å². The predicted molar refractivity (Wildman–Crippen MR) is 84.6 cm³/mol. The molecule has 1 aromatic rings. The first kappa shape index (κ1) is 13.6. The average molecular weight is 286 g/mol. The van der Waals surface area contributed by atoms with Crippen molar-refractivity contribution in [3.05, 3.63) is 29.8 Å². The van der Waals surface area contributed by atoms with E-state index in [1.807, 2.05) is 0 Å². The van der Waals surface area contributed by atoms with E-state index in [2.05, 4.69) is 48.3 Å². The minimum Gasteiger partial charge on any atom is -0.486 e. The molecule has 0 bridgehead atoms. The maximum Gasteiger partial charge on any atom is 0.125 e. The number of nitrogens with zero attached hydrogens (tertiary/aromatic N) is 1. The van der Waals surface area contributed by atoms with Crippen LogP contribution in [-0.4, -0.2) is 35.7 Å². The molecule has 0 aliphatic carbocycles. The molecule has 0 amide bonds. The predicted octanol–water partition coefficient (Wildman–Crippen LogP) is 3.12. The van der Waals surface area contributed by atoms with Crippen LogP contribution in [0.4, 0.5) is 0 Å². The van der Waals surface area contributed by atoms with Gasteiger partial charge in [-0.15, -0.1) is 0 Å². The van der Waals surface area contributed by atoms with Crippen LogP contribution in [0.25, 0.3) is 0 Å². The lowest BCUT2D eigenvalue weighted by Crippen LogP contribution is -2.49. The van der Waals surface area contributed by atoms with Gasteiger partial charge in [0.05, 0.1) is 6.04 Å². The molecule has 1 N–H and O–H groups in total. The molecule has 3 nitrogen and oxygen atoms in total. The molecule has 3 heterocycles. The molecule has 0 saturated carbocycles. The Kier molecular flexibility index (Phi) is 3.23. The quantitative estimate of drug-likeness (QED) is 0.904. The van der Waals surface area contributed by atoms with Crippen LogP contribution in [0.2, 0.25) is 0 Å². The first-order valence-corrected chi connectivity index (χ1v) is 8.43. The van der Waals surface area contributed by atoms with E-state index in [4.69, 9.17) is 4.74 Å². The Balaban J connectivity index is 1.56. The molecular formula is C18H26N2O. The zero-order chi connectivity index (χ0) is 14.4. The van der Waals surface area contributed by atoms with Crippen LogP contribution in [0, 0.1) is 0 Å². The van der Waals surface area contributed by atoms with Crippen molar-refractivity contribution in [3.8, 4) is 5.75 Å². The van der Waals surface area contributed by atoms with Crippen molar-refractivity contribution >= 4 is 0 Å². The van der Waals surface area contributed by atoms with E-state index in [1.165, 1.54) is 44.3 Å². The smallest absolute Gasteiger partial charge is 0.125 e. The highest BCUT2D eigenvalue weighted by Gasteiger charge is 2.44. The second kappa shape index (κ2) is 4.99. The van der Waals surface area contributed by atoms with Gasteiger partial charge < -0.3 is 10.1 Å². The summed E-state index contributed by atoms with van der Waals surface area (Å²) in [5.74, 6) is 1.05. The van der Waals surface area contributed by atoms with Gasteiger partial charge in [0, 0.05) is 24.2 Å². The molecule has 114 valence electrons. The molecule has 3 aliphatic heterocycles. The minimum atomic E-state index is -0.161. The maximum absolute atomic E-state index is 6.18. The molecule has 1 aromatic carbocycles. The van der Waals surface area contributed by atoms with Gasteiger partial charge in [-0.3, -0.25) is 4.90 Å². The summed E-state index contributed by atoms with van der Waals surface area (Å²) in [5.41, 5.74) is 1.17. The fourth-order valence-corrected chi connectivity index (χ4v) is 4.48. The highest BCUT2D eigenvalue weighted by Crippen LogP contribution is 2.43. The third-order valence-corrected chi connectivity index (χ3v) is 5.53. The third kappa shape index (κ3) is 2.27. The molecule has 3 aliphatic rings. The fourth-order valence-electron chi connectivity index (χ4n) is 4.48. The highest BCUT2D eigenvalue weighted by molar-refractivity contribution is 5.42. The van der Waals surface area contributed by atoms with Gasteiger partial charge in [0.1, 0.15) is 11.4 Å². The summed E-state index contributed by atoms with van der Waals surface area (Å²) >= 11 is 0. The SMILES string of the molecule is CC1(C)Oc2ccccc2C1NC1CCN2CCCCC12. The van der Waals surface area contributed by atoms with E-state index in [0.717, 1.165) is 11.8 Å². The van der Waals surface area contributed by atoms with Gasteiger partial charge in [0.25, 0.3) is 0 Å². The summed E-state index contributed by atoms with van der Waals surface area (Å²) in [7, 11) is 0. The zero-order valence-corrected chi connectivity index (χ0v) is 13.1. The monoisotopic (exact) mass is 286 g/mol. The van der Waals surface area contributed by atoms with Crippen molar-refractivity contribution in [3.63, 3.8) is 0 Å². The van der Waals surface area contributed by atoms with Crippen molar-refractivity contribution in [2.24, 2.45) is 0 Å². The Hall–Kier alpha value is -1.06. The Morgan fingerprint density at radius 1 is 1.14 bits per heavy atom. The largest absolute Gasteiger partial charge is 0.486 e. The molecule has 0 spiro atoms. The van der Waals surface area contributed by atoms with Gasteiger partial charge in [-0.2, -0.15) is 0 Å². The standard InChI is InChI=1S/C18H26N2O/c1-18(2)17(13-7-3-4-9-16(13)21-18)19-14-10-12-20-11-6-5-8-15(14)20/h3-4,7,9,14-15,17,19H,5-6,8,10-12H2,1-2H3. The van der Waals surface area contributed by atoms with E-state index in [9.17, 15) is 0 Å². The van der Waals surface area contributed by atoms with Crippen molar-refractivity contribution in [1.29, 1.82) is 0 Å². The number of rotatable bonds is 2. The second-order valence-corrected chi connectivity index (χ2v) is 7.34. The normalized spacial score (nSPS) is 34.3. The highest BCUT2D eigenvalue weighted by atomic mass is 16.5. The Labute approximate surface area is 127 Å². The first-order chi connectivity index (χ1) is 10.1. The Morgan fingerprint density at radius 3 is 2.90 bits per heavy atom. The number of benzene rings is 1. The zero-order valence-electron chi connectivity index (χ0n) is 13.1. The van der Waals surface area contributed by atoms with Crippen molar-refractivity contribution in [2.45, 2.75) is 63.3 Å². The van der Waals surface area contributed by atoms with Gasteiger partial charge in [0.15, 0.2) is 0 Å². The topological polar surface area (TPSA) is 24.5 Å². The van der Waals surface area contributed by atoms with Gasteiger partial charge in [-0.25, -0.2) is 0 Å². The van der Waals surface area contributed by atoms with E-state index in [-0.39, 0.29) is 5.60 Å². The molecule has 2 saturated heterocycles. The Morgan fingerprint density at radius 2 is 2.00 bits per heavy atom. The molecule has 0 radical (unpaired) electrons. The van der Waals surface area contributed by atoms with E-state index >= 15 is 0 Å². The van der Waals surface area contributed by atoms with Crippen molar-refractivity contribution < 1.29 is 4.74 Å². The lowest BCUT2D eigenvalue weighted by Gasteiger charge is -2.36. The number of ether oxygens (including phenoxy) is 1. The summed E-state index contributed by atoms with van der Waals surface area (Å²) in [6.45, 7) is 6.97. The summed E-state index contributed by atoms with van der Waals surface area (Å²) in [6, 6.07) is 10.2. The van der Waals surface area contributed by atoms with Crippen molar-refractivity contribution in [1.82, 2.24) is 10.2 Å². The van der Waals surface area contributed by atoms with Crippen LogP contribution in [0.3, 0.4) is 0 Å². The average Bonchev–Trinajstić information content (AvgIpc) is 2.99. The summed E-state index contributed by atoms with van der Waals surface area (Å²) in [4.78, 5) is 2.69. The number of fused-ring (bicyclic) bond motifs is 2. The molecule has 3 atom stereocenters. The molecule has 4 rings (SSSR count). The van der Waals surface area contributed by atoms with Crippen LogP contribution < -0.4 is 10.1 Å². The summed E-state index contributed by atoms with van der Waals surface area (Å²) in [5, 5.41) is 3.96. The van der Waals surface area contributed by atoms with E-state index in [0.29, 0.717) is 12.1 Å². The number of para-hydroxylation sites is 1. The van der Waals surface area contributed by atoms with Gasteiger partial charge in [-0.05, 0) is 45.7 Å². The lowest BCUT2D eigenvalue weighted by atomic mass is 9.91.